The molecule has 0 radical (unpaired) electrons. The van der Waals surface area contributed by atoms with E-state index < -0.39 is 0 Å². The molecule has 2 aromatic heterocycles. The second kappa shape index (κ2) is 3.09. The molecule has 0 fully saturated rings. The molecule has 0 aliphatic carbocycles. The van der Waals surface area contributed by atoms with Crippen molar-refractivity contribution in [2.45, 2.75) is 6.92 Å². The number of nitrogens with zero attached hydrogens (tertiary/aromatic N) is 1. The van der Waals surface area contributed by atoms with Crippen LogP contribution in [0.5, 0.6) is 0 Å². The maximum Gasteiger partial charge on any atom is 0.278 e. The fourth-order valence-corrected chi connectivity index (χ4v) is 1.94. The summed E-state index contributed by atoms with van der Waals surface area (Å²) in [6.07, 6.45) is 0. The molecule has 2 heterocycles. The Bertz CT molecular complexity index is 758. The summed E-state index contributed by atoms with van der Waals surface area (Å²) in [6, 6.07) is 5.25. The Morgan fingerprint density at radius 1 is 1.44 bits per heavy atom. The van der Waals surface area contributed by atoms with E-state index >= 15 is 0 Å². The van der Waals surface area contributed by atoms with Crippen LogP contribution in [0.3, 0.4) is 0 Å². The number of hydrogen-bond donors (Lipinski definition) is 1. The third-order valence-corrected chi connectivity index (χ3v) is 2.66. The first-order chi connectivity index (χ1) is 7.65. The zero-order valence-corrected chi connectivity index (χ0v) is 9.13. The van der Waals surface area contributed by atoms with E-state index in [0.29, 0.717) is 27.5 Å². The molecule has 0 amide bonds. The van der Waals surface area contributed by atoms with Crippen LogP contribution in [0.15, 0.2) is 27.4 Å². The summed E-state index contributed by atoms with van der Waals surface area (Å²) in [5.41, 5.74) is 1.23. The lowest BCUT2D eigenvalue weighted by atomic mass is 10.2. The molecule has 3 aromatic rings. The fraction of sp³-hybridized carbons (Fsp3) is 0.0909. The fourth-order valence-electron chi connectivity index (χ4n) is 1.76. The Kier molecular flexibility index (Phi) is 1.82. The first-order valence-electron chi connectivity index (χ1n) is 4.74. The minimum atomic E-state index is -0.262. The second-order valence-electron chi connectivity index (χ2n) is 3.55. The molecule has 1 N–H and O–H groups in total. The predicted octanol–water partition coefficient (Wildman–Crippen LogP) is 2.63. The van der Waals surface area contributed by atoms with Crippen molar-refractivity contribution in [3.63, 3.8) is 0 Å². The van der Waals surface area contributed by atoms with Crippen molar-refractivity contribution >= 4 is 33.6 Å². The molecular weight excluding hydrogens is 228 g/mol. The summed E-state index contributed by atoms with van der Waals surface area (Å²) < 4.78 is 5.43. The largest absolute Gasteiger partial charge is 0.440 e. The normalized spacial score (nSPS) is 11.4. The van der Waals surface area contributed by atoms with Gasteiger partial charge in [-0.15, -0.1) is 0 Å². The zero-order valence-electron chi connectivity index (χ0n) is 8.37. The van der Waals surface area contributed by atoms with E-state index in [-0.39, 0.29) is 5.56 Å². The van der Waals surface area contributed by atoms with E-state index in [1.807, 2.05) is 0 Å². The zero-order chi connectivity index (χ0) is 11.3. The summed E-state index contributed by atoms with van der Waals surface area (Å²) in [7, 11) is 0. The van der Waals surface area contributed by atoms with Crippen molar-refractivity contribution in [1.82, 2.24) is 9.97 Å². The number of aryl methyl sites for hydroxylation is 1. The van der Waals surface area contributed by atoms with Crippen molar-refractivity contribution in [2.24, 2.45) is 0 Å². The Morgan fingerprint density at radius 2 is 2.25 bits per heavy atom. The molecule has 0 saturated carbocycles. The highest BCUT2D eigenvalue weighted by atomic mass is 35.5. The second-order valence-corrected chi connectivity index (χ2v) is 3.99. The van der Waals surface area contributed by atoms with Crippen molar-refractivity contribution in [2.75, 3.05) is 0 Å². The minimum absolute atomic E-state index is 0.262. The summed E-state index contributed by atoms with van der Waals surface area (Å²) >= 11 is 5.86. The van der Waals surface area contributed by atoms with Gasteiger partial charge in [0, 0.05) is 17.3 Å². The summed E-state index contributed by atoms with van der Waals surface area (Å²) in [5, 5.41) is 1.37. The van der Waals surface area contributed by atoms with Gasteiger partial charge in [0.15, 0.2) is 17.0 Å². The highest BCUT2D eigenvalue weighted by Gasteiger charge is 2.11. The molecule has 80 valence electrons. The number of aromatic amines is 1. The van der Waals surface area contributed by atoms with Crippen LogP contribution in [0.2, 0.25) is 5.02 Å². The maximum absolute atomic E-state index is 11.7. The van der Waals surface area contributed by atoms with Gasteiger partial charge in [-0.1, -0.05) is 11.6 Å². The van der Waals surface area contributed by atoms with E-state index in [0.717, 1.165) is 5.39 Å². The van der Waals surface area contributed by atoms with Crippen LogP contribution in [-0.4, -0.2) is 9.97 Å². The van der Waals surface area contributed by atoms with Crippen LogP contribution in [0.4, 0.5) is 0 Å². The number of rotatable bonds is 0. The monoisotopic (exact) mass is 234 g/mol. The molecule has 5 heteroatoms. The van der Waals surface area contributed by atoms with E-state index in [2.05, 4.69) is 9.97 Å². The number of H-pyrrole nitrogens is 1. The van der Waals surface area contributed by atoms with Gasteiger partial charge >= 0.3 is 0 Å². The quantitative estimate of drug-likeness (QED) is 0.651. The van der Waals surface area contributed by atoms with Crippen LogP contribution < -0.4 is 5.56 Å². The predicted molar refractivity (Wildman–Crippen MR) is 61.9 cm³/mol. The van der Waals surface area contributed by atoms with Crippen LogP contribution in [-0.2, 0) is 0 Å². The molecule has 0 aliphatic heterocycles. The number of oxazole rings is 1. The topological polar surface area (TPSA) is 58.9 Å². The highest BCUT2D eigenvalue weighted by molar-refractivity contribution is 6.31. The number of hydrogen-bond acceptors (Lipinski definition) is 3. The minimum Gasteiger partial charge on any atom is -0.440 e. The average Bonchev–Trinajstić information content (AvgIpc) is 2.60. The molecular formula is C11H7ClN2O2. The van der Waals surface area contributed by atoms with Gasteiger partial charge in [0.05, 0.1) is 5.52 Å². The first-order valence-corrected chi connectivity index (χ1v) is 5.11. The Hall–Kier alpha value is -1.81. The van der Waals surface area contributed by atoms with E-state index in [1.54, 1.807) is 25.1 Å². The van der Waals surface area contributed by atoms with Crippen molar-refractivity contribution < 1.29 is 4.42 Å². The first kappa shape index (κ1) is 9.42. The number of fused-ring (bicyclic) bond motifs is 3. The van der Waals surface area contributed by atoms with Gasteiger partial charge in [-0.2, -0.15) is 0 Å². The number of benzene rings is 1. The molecule has 16 heavy (non-hydrogen) atoms. The summed E-state index contributed by atoms with van der Waals surface area (Å²) in [5.74, 6) is 0.475. The number of halogens is 1. The van der Waals surface area contributed by atoms with Crippen LogP contribution in [0, 0.1) is 6.92 Å². The van der Waals surface area contributed by atoms with Gasteiger partial charge in [0.1, 0.15) is 0 Å². The van der Waals surface area contributed by atoms with Gasteiger partial charge in [-0.05, 0) is 18.2 Å². The molecule has 4 nitrogen and oxygen atoms in total. The van der Waals surface area contributed by atoms with E-state index in [4.69, 9.17) is 16.0 Å². The smallest absolute Gasteiger partial charge is 0.278 e. The third kappa shape index (κ3) is 1.23. The molecule has 0 atom stereocenters. The van der Waals surface area contributed by atoms with Gasteiger partial charge < -0.3 is 9.40 Å². The van der Waals surface area contributed by atoms with Crippen LogP contribution in [0.25, 0.3) is 22.0 Å². The van der Waals surface area contributed by atoms with Crippen molar-refractivity contribution in [3.05, 3.63) is 39.5 Å². The van der Waals surface area contributed by atoms with Crippen molar-refractivity contribution in [1.29, 1.82) is 0 Å². The molecule has 3 rings (SSSR count). The number of aromatic nitrogens is 2. The standard InChI is InChI=1S/C11H7ClN2O2/c1-5-13-9-10(16-5)7-3-2-6(12)4-8(7)14-11(9)15/h2-4H,1H3,(H,14,15). The van der Waals surface area contributed by atoms with Crippen LogP contribution >= 0.6 is 11.6 Å². The summed E-state index contributed by atoms with van der Waals surface area (Å²) in [4.78, 5) is 18.5. The SMILES string of the molecule is Cc1nc2c(=O)[nH]c3cc(Cl)ccc3c2o1. The lowest BCUT2D eigenvalue weighted by Gasteiger charge is -1.97. The van der Waals surface area contributed by atoms with Crippen molar-refractivity contribution in [3.8, 4) is 0 Å². The Labute approximate surface area is 94.9 Å². The lowest BCUT2D eigenvalue weighted by molar-refractivity contribution is 0.563. The summed E-state index contributed by atoms with van der Waals surface area (Å²) in [6.45, 7) is 1.71. The van der Waals surface area contributed by atoms with Gasteiger partial charge in [-0.25, -0.2) is 4.98 Å². The molecule has 0 spiro atoms. The number of nitrogens with one attached hydrogen (secondary N) is 1. The molecule has 0 unspecified atom stereocenters. The van der Waals surface area contributed by atoms with Gasteiger partial charge in [0.25, 0.3) is 5.56 Å². The van der Waals surface area contributed by atoms with Crippen LogP contribution in [0.1, 0.15) is 5.89 Å². The molecule has 0 saturated heterocycles. The van der Waals surface area contributed by atoms with Gasteiger partial charge in [0.2, 0.25) is 0 Å². The lowest BCUT2D eigenvalue weighted by Crippen LogP contribution is -2.05. The third-order valence-electron chi connectivity index (χ3n) is 2.42. The number of pyridine rings is 1. The molecule has 0 aliphatic rings. The average molecular weight is 235 g/mol. The molecule has 1 aromatic carbocycles. The van der Waals surface area contributed by atoms with Gasteiger partial charge in [-0.3, -0.25) is 4.79 Å². The maximum atomic E-state index is 11.7. The van der Waals surface area contributed by atoms with E-state index in [9.17, 15) is 4.79 Å². The molecule has 0 bridgehead atoms. The Balaban J connectivity index is 2.63. The Morgan fingerprint density at radius 3 is 3.06 bits per heavy atom. The van der Waals surface area contributed by atoms with E-state index in [1.165, 1.54) is 0 Å². The highest BCUT2D eigenvalue weighted by Crippen LogP contribution is 2.24.